The van der Waals surface area contributed by atoms with Gasteiger partial charge >= 0.3 is 0 Å². The molecule has 1 unspecified atom stereocenters. The van der Waals surface area contributed by atoms with Gasteiger partial charge in [0.25, 0.3) is 14.4 Å². The number of ether oxygens (including phenoxy) is 4. The summed E-state index contributed by atoms with van der Waals surface area (Å²) in [5.41, 5.74) is 2.87. The van der Waals surface area contributed by atoms with Crippen molar-refractivity contribution in [2.75, 3.05) is 32.8 Å². The summed E-state index contributed by atoms with van der Waals surface area (Å²) >= 11 is 0. The third-order valence-corrected chi connectivity index (χ3v) is 13.2. The van der Waals surface area contributed by atoms with Gasteiger partial charge in [0.05, 0.1) is 46.3 Å². The number of rotatable bonds is 19. The van der Waals surface area contributed by atoms with E-state index in [-0.39, 0.29) is 49.4 Å². The molecule has 0 bridgehead atoms. The minimum atomic E-state index is -1.69. The predicted molar refractivity (Wildman–Crippen MR) is 241 cm³/mol. The Hall–Kier alpha value is -5.78. The fourth-order valence-electron chi connectivity index (χ4n) is 8.08. The molecule has 0 radical (unpaired) electrons. The highest BCUT2D eigenvalue weighted by Crippen LogP contribution is 2.52. The van der Waals surface area contributed by atoms with Crippen LogP contribution in [0.4, 0.5) is 5.82 Å². The SMILES string of the molecule is COc1ccc(C(OC[C@@H]2O[C@H](n3cnc4c(NC(=O)c5ccccc5)ncnc43)[C@@H](C)[C@H]2OP(OCCC#N)N(C(C)C)C(C)C)(c2ccccc2)c2ccc(OC)cc2)cc1. The molecule has 5 atom stereocenters. The smallest absolute Gasteiger partial charge is 0.259 e. The van der Waals surface area contributed by atoms with Crippen LogP contribution in [0.5, 0.6) is 11.5 Å². The average Bonchev–Trinajstić information content (AvgIpc) is 3.87. The first-order valence-corrected chi connectivity index (χ1v) is 22.2. The summed E-state index contributed by atoms with van der Waals surface area (Å²) in [5, 5.41) is 12.4. The van der Waals surface area contributed by atoms with Gasteiger partial charge in [0.1, 0.15) is 41.9 Å². The van der Waals surface area contributed by atoms with Gasteiger partial charge in [-0.2, -0.15) is 5.26 Å². The molecule has 0 aliphatic carbocycles. The quantitative estimate of drug-likeness (QED) is 0.0469. The minimum Gasteiger partial charge on any atom is -0.497 e. The van der Waals surface area contributed by atoms with Gasteiger partial charge < -0.3 is 33.3 Å². The molecule has 4 aromatic carbocycles. The Morgan fingerprint density at radius 1 is 0.857 bits per heavy atom. The topological polar surface area (TPSA) is 155 Å². The molecule has 3 heterocycles. The maximum Gasteiger partial charge on any atom is 0.259 e. The molecular formula is C48H54N7O7P. The largest absolute Gasteiger partial charge is 0.497 e. The van der Waals surface area contributed by atoms with Crippen LogP contribution >= 0.6 is 8.53 Å². The number of anilines is 1. The van der Waals surface area contributed by atoms with E-state index in [2.05, 4.69) is 72.8 Å². The lowest BCUT2D eigenvalue weighted by Crippen LogP contribution is -2.40. The molecule has 1 saturated heterocycles. The predicted octanol–water partition coefficient (Wildman–Crippen LogP) is 9.30. The molecule has 1 aliphatic rings. The number of hydrogen-bond donors (Lipinski definition) is 1. The van der Waals surface area contributed by atoms with Crippen molar-refractivity contribution in [1.82, 2.24) is 24.2 Å². The van der Waals surface area contributed by atoms with Gasteiger partial charge in [-0.25, -0.2) is 19.6 Å². The number of nitrogens with one attached hydrogen (secondary N) is 1. The van der Waals surface area contributed by atoms with Gasteiger partial charge in [0.15, 0.2) is 17.0 Å². The van der Waals surface area contributed by atoms with E-state index in [1.54, 1.807) is 44.8 Å². The standard InChI is InChI=1S/C48H54N7O7P/c1-32(2)55(33(3)4)63(60-28-14-27-49)62-43-34(5)47(54-31-52-42-44(50-30-51-45(42)54)53-46(56)35-15-10-8-11-16-35)61-41(43)29-59-48(36-17-12-9-13-18-36,37-19-23-39(57-6)24-20-37)38-21-25-40(58-7)26-22-38/h8-13,15-26,30-34,41,43,47H,14,28-29H2,1-7H3,(H,50,51,53,56)/t34-,41-,43+,47-,63?/m0/s1. The minimum absolute atomic E-state index is 0.0657. The van der Waals surface area contributed by atoms with Crippen LogP contribution in [-0.2, 0) is 24.1 Å². The number of fused-ring (bicyclic) bond motifs is 1. The molecule has 14 nitrogen and oxygen atoms in total. The van der Waals surface area contributed by atoms with E-state index in [1.807, 2.05) is 77.4 Å². The van der Waals surface area contributed by atoms with Crippen LogP contribution in [0.2, 0.25) is 0 Å². The highest BCUT2D eigenvalue weighted by molar-refractivity contribution is 7.44. The Morgan fingerprint density at radius 3 is 2.02 bits per heavy atom. The van der Waals surface area contributed by atoms with Crippen LogP contribution in [0, 0.1) is 17.2 Å². The summed E-state index contributed by atoms with van der Waals surface area (Å²) in [6.45, 7) is 10.8. The highest BCUT2D eigenvalue weighted by Gasteiger charge is 2.49. The van der Waals surface area contributed by atoms with E-state index in [4.69, 9.17) is 33.0 Å². The second-order valence-electron chi connectivity index (χ2n) is 15.7. The van der Waals surface area contributed by atoms with Gasteiger partial charge in [-0.05, 0) is 80.8 Å². The van der Waals surface area contributed by atoms with E-state index >= 15 is 0 Å². The molecule has 1 fully saturated rings. The zero-order valence-corrected chi connectivity index (χ0v) is 37.5. The van der Waals surface area contributed by atoms with Crippen LogP contribution in [0.15, 0.2) is 122 Å². The van der Waals surface area contributed by atoms with Crippen LogP contribution in [0.25, 0.3) is 11.2 Å². The number of hydrogen-bond acceptors (Lipinski definition) is 12. The van der Waals surface area contributed by atoms with E-state index in [9.17, 15) is 10.1 Å². The molecule has 6 aromatic rings. The van der Waals surface area contributed by atoms with Crippen molar-refractivity contribution in [3.05, 3.63) is 144 Å². The Kier molecular flexibility index (Phi) is 14.8. The Bertz CT molecular complexity index is 2390. The molecule has 15 heteroatoms. The summed E-state index contributed by atoms with van der Waals surface area (Å²) < 4.78 is 43.4. The molecular weight excluding hydrogens is 818 g/mol. The van der Waals surface area contributed by atoms with Crippen LogP contribution < -0.4 is 14.8 Å². The van der Waals surface area contributed by atoms with Crippen molar-refractivity contribution in [2.24, 2.45) is 5.92 Å². The Labute approximate surface area is 370 Å². The van der Waals surface area contributed by atoms with E-state index in [0.717, 1.165) is 16.7 Å². The number of carbonyl (C=O) groups excluding carboxylic acids is 1. The normalized spacial score (nSPS) is 18.2. The maximum absolute atomic E-state index is 13.2. The highest BCUT2D eigenvalue weighted by atomic mass is 31.2. The number of imidazole rings is 1. The zero-order valence-electron chi connectivity index (χ0n) is 36.6. The Morgan fingerprint density at radius 2 is 1.44 bits per heavy atom. The molecule has 63 heavy (non-hydrogen) atoms. The maximum atomic E-state index is 13.2. The molecule has 1 amide bonds. The van der Waals surface area contributed by atoms with Crippen molar-refractivity contribution in [1.29, 1.82) is 5.26 Å². The van der Waals surface area contributed by atoms with Crippen molar-refractivity contribution in [2.45, 2.75) is 77.2 Å². The summed E-state index contributed by atoms with van der Waals surface area (Å²) in [7, 11) is 1.60. The number of benzene rings is 4. The van der Waals surface area contributed by atoms with Crippen LogP contribution in [0.3, 0.4) is 0 Å². The first-order chi connectivity index (χ1) is 30.6. The second-order valence-corrected chi connectivity index (χ2v) is 17.1. The van der Waals surface area contributed by atoms with Crippen molar-refractivity contribution in [3.63, 3.8) is 0 Å². The summed E-state index contributed by atoms with van der Waals surface area (Å²) in [6, 6.07) is 37.1. The lowest BCUT2D eigenvalue weighted by atomic mass is 9.80. The Balaban J connectivity index is 1.31. The average molecular weight is 872 g/mol. The van der Waals surface area contributed by atoms with Crippen LogP contribution in [-0.4, -0.2) is 81.8 Å². The number of aromatic nitrogens is 4. The van der Waals surface area contributed by atoms with Crippen molar-refractivity contribution >= 4 is 31.4 Å². The monoisotopic (exact) mass is 871 g/mol. The number of amides is 1. The summed E-state index contributed by atoms with van der Waals surface area (Å²) in [5.74, 6) is 1.07. The van der Waals surface area contributed by atoms with E-state index < -0.39 is 32.6 Å². The zero-order chi connectivity index (χ0) is 44.5. The van der Waals surface area contributed by atoms with Gasteiger partial charge in [-0.1, -0.05) is 79.7 Å². The molecule has 2 aromatic heterocycles. The second kappa shape index (κ2) is 20.6. The third-order valence-electron chi connectivity index (χ3n) is 11.1. The molecule has 1 N–H and O–H groups in total. The molecule has 0 saturated carbocycles. The van der Waals surface area contributed by atoms with E-state index in [0.29, 0.717) is 28.2 Å². The summed E-state index contributed by atoms with van der Waals surface area (Å²) in [4.78, 5) is 27.0. The first kappa shape index (κ1) is 45.3. The van der Waals surface area contributed by atoms with Crippen molar-refractivity contribution < 1.29 is 32.8 Å². The fraction of sp³-hybridized carbons (Fsp3) is 0.354. The lowest BCUT2D eigenvalue weighted by Gasteiger charge is -2.39. The van der Waals surface area contributed by atoms with Gasteiger partial charge in [-0.15, -0.1) is 0 Å². The molecule has 0 spiro atoms. The lowest BCUT2D eigenvalue weighted by molar-refractivity contribution is -0.0916. The number of carbonyl (C=O) groups is 1. The molecule has 328 valence electrons. The first-order valence-electron chi connectivity index (χ1n) is 21.0. The van der Waals surface area contributed by atoms with Gasteiger partial charge in [-0.3, -0.25) is 9.36 Å². The van der Waals surface area contributed by atoms with Crippen molar-refractivity contribution in [3.8, 4) is 17.6 Å². The summed E-state index contributed by atoms with van der Waals surface area (Å²) in [6.07, 6.45) is 1.38. The molecule has 1 aliphatic heterocycles. The van der Waals surface area contributed by atoms with Crippen LogP contribution in [0.1, 0.15) is 74.3 Å². The van der Waals surface area contributed by atoms with Gasteiger partial charge in [0.2, 0.25) is 0 Å². The number of nitriles is 1. The molecule has 7 rings (SSSR count). The third kappa shape index (κ3) is 9.75. The van der Waals surface area contributed by atoms with E-state index in [1.165, 1.54) is 6.33 Å². The fourth-order valence-corrected chi connectivity index (χ4v) is 9.92. The number of methoxy groups -OCH3 is 2. The van der Waals surface area contributed by atoms with Gasteiger partial charge in [0, 0.05) is 23.6 Å². The number of nitrogens with zero attached hydrogens (tertiary/aromatic N) is 6.